The van der Waals surface area contributed by atoms with E-state index in [1.807, 2.05) is 6.92 Å². The van der Waals surface area contributed by atoms with Crippen molar-refractivity contribution in [2.75, 3.05) is 6.54 Å². The maximum atomic E-state index is 5.98. The highest BCUT2D eigenvalue weighted by Gasteiger charge is 2.06. The van der Waals surface area contributed by atoms with Gasteiger partial charge in [-0.15, -0.1) is 0 Å². The largest absolute Gasteiger partial charge is 0.387 e. The Morgan fingerprint density at radius 1 is 1.36 bits per heavy atom. The summed E-state index contributed by atoms with van der Waals surface area (Å²) in [4.78, 5) is 4.08. The van der Waals surface area contributed by atoms with Gasteiger partial charge in [-0.3, -0.25) is 4.99 Å². The van der Waals surface area contributed by atoms with Crippen molar-refractivity contribution in [3.8, 4) is 0 Å². The van der Waals surface area contributed by atoms with Crippen LogP contribution in [0.4, 0.5) is 0 Å². The lowest BCUT2D eigenvalue weighted by molar-refractivity contribution is 1.10. The Balaban J connectivity index is 2.91. The minimum atomic E-state index is 0.506. The van der Waals surface area contributed by atoms with Crippen LogP contribution in [0, 0.1) is 0 Å². The number of rotatable bonds is 3. The minimum Gasteiger partial charge on any atom is -0.387 e. The van der Waals surface area contributed by atoms with Gasteiger partial charge in [0.25, 0.3) is 0 Å². The third-order valence-electron chi connectivity index (χ3n) is 1.78. The van der Waals surface area contributed by atoms with Gasteiger partial charge in [-0.1, -0.05) is 29.3 Å². The van der Waals surface area contributed by atoms with Crippen molar-refractivity contribution in [2.45, 2.75) is 13.3 Å². The Bertz CT molecular complexity index is 328. The van der Waals surface area contributed by atoms with E-state index >= 15 is 0 Å². The quantitative estimate of drug-likeness (QED) is 0.630. The summed E-state index contributed by atoms with van der Waals surface area (Å²) in [6.07, 6.45) is 0.506. The molecule has 0 spiro atoms. The van der Waals surface area contributed by atoms with E-state index in [9.17, 15) is 0 Å². The van der Waals surface area contributed by atoms with Crippen LogP contribution >= 0.6 is 23.2 Å². The van der Waals surface area contributed by atoms with Crippen LogP contribution < -0.4 is 5.73 Å². The molecule has 0 radical (unpaired) electrons. The van der Waals surface area contributed by atoms with Crippen molar-refractivity contribution in [1.82, 2.24) is 0 Å². The third-order valence-corrected chi connectivity index (χ3v) is 2.49. The molecular formula is C10H12Cl2N2. The maximum absolute atomic E-state index is 5.98. The molecule has 1 aromatic rings. The fraction of sp³-hybridized carbons (Fsp3) is 0.300. The third kappa shape index (κ3) is 2.89. The highest BCUT2D eigenvalue weighted by Crippen LogP contribution is 2.24. The van der Waals surface area contributed by atoms with Gasteiger partial charge in [-0.2, -0.15) is 0 Å². The molecule has 0 heterocycles. The average molecular weight is 231 g/mol. The molecule has 2 N–H and O–H groups in total. The Morgan fingerprint density at radius 2 is 1.93 bits per heavy atom. The number of nitrogens with two attached hydrogens (primary N) is 1. The molecule has 14 heavy (non-hydrogen) atoms. The number of hydrogen-bond acceptors (Lipinski definition) is 1. The van der Waals surface area contributed by atoms with Gasteiger partial charge in [-0.05, 0) is 24.6 Å². The summed E-state index contributed by atoms with van der Waals surface area (Å²) in [5.74, 6) is 0.558. The smallest absolute Gasteiger partial charge is 0.0982 e. The summed E-state index contributed by atoms with van der Waals surface area (Å²) < 4.78 is 0. The van der Waals surface area contributed by atoms with Crippen LogP contribution in [0.2, 0.25) is 10.0 Å². The van der Waals surface area contributed by atoms with Gasteiger partial charge in [-0.25, -0.2) is 0 Å². The van der Waals surface area contributed by atoms with Crippen LogP contribution in [0.3, 0.4) is 0 Å². The lowest BCUT2D eigenvalue weighted by atomic mass is 10.1. The summed E-state index contributed by atoms with van der Waals surface area (Å²) in [6, 6.07) is 5.39. The highest BCUT2D eigenvalue weighted by atomic mass is 35.5. The zero-order valence-electron chi connectivity index (χ0n) is 7.93. The van der Waals surface area contributed by atoms with E-state index in [1.165, 1.54) is 0 Å². The van der Waals surface area contributed by atoms with E-state index in [4.69, 9.17) is 28.9 Å². The zero-order valence-corrected chi connectivity index (χ0v) is 9.44. The predicted octanol–water partition coefficient (Wildman–Crippen LogP) is 2.91. The van der Waals surface area contributed by atoms with Crippen LogP contribution in [-0.4, -0.2) is 12.4 Å². The summed E-state index contributed by atoms with van der Waals surface area (Å²) in [5.41, 5.74) is 6.53. The molecule has 0 saturated carbocycles. The molecule has 0 aliphatic rings. The number of benzene rings is 1. The molecule has 0 amide bonds. The second-order valence-electron chi connectivity index (χ2n) is 2.84. The van der Waals surface area contributed by atoms with Crippen molar-refractivity contribution < 1.29 is 0 Å². The second-order valence-corrected chi connectivity index (χ2v) is 3.66. The van der Waals surface area contributed by atoms with Crippen LogP contribution in [0.15, 0.2) is 23.2 Å². The van der Waals surface area contributed by atoms with Gasteiger partial charge in [0.1, 0.15) is 0 Å². The summed E-state index contributed by atoms with van der Waals surface area (Å²) in [6.45, 7) is 2.61. The molecule has 1 rings (SSSR count). The minimum absolute atomic E-state index is 0.506. The molecule has 0 aromatic heterocycles. The molecule has 0 aliphatic heterocycles. The first-order valence-electron chi connectivity index (χ1n) is 4.36. The molecule has 2 nitrogen and oxygen atoms in total. The van der Waals surface area contributed by atoms with Crippen molar-refractivity contribution in [3.63, 3.8) is 0 Å². The van der Waals surface area contributed by atoms with E-state index < -0.39 is 0 Å². The maximum Gasteiger partial charge on any atom is 0.0982 e. The van der Waals surface area contributed by atoms with E-state index in [-0.39, 0.29) is 0 Å². The number of amidine groups is 1. The fourth-order valence-corrected chi connectivity index (χ4v) is 1.67. The van der Waals surface area contributed by atoms with Crippen LogP contribution in [0.1, 0.15) is 12.5 Å². The Morgan fingerprint density at radius 3 is 2.43 bits per heavy atom. The standard InChI is InChI=1S/C10H12Cl2N2/c1-2-14-10(13)6-7-8(11)4-3-5-9(7)12/h3-5H,2,6H2,1H3,(H2,13,14). The SMILES string of the molecule is CCN=C(N)Cc1c(Cl)cccc1Cl. The van der Waals surface area contributed by atoms with Gasteiger partial charge < -0.3 is 5.73 Å². The first-order chi connectivity index (χ1) is 6.65. The van der Waals surface area contributed by atoms with Gasteiger partial charge in [0.05, 0.1) is 5.84 Å². The Hall–Kier alpha value is -0.730. The predicted molar refractivity (Wildman–Crippen MR) is 62.3 cm³/mol. The molecule has 0 bridgehead atoms. The van der Waals surface area contributed by atoms with Crippen LogP contribution in [0.25, 0.3) is 0 Å². The number of halogens is 2. The van der Waals surface area contributed by atoms with E-state index in [2.05, 4.69) is 4.99 Å². The lowest BCUT2D eigenvalue weighted by Crippen LogP contribution is -2.15. The molecule has 0 saturated heterocycles. The second kappa shape index (κ2) is 5.23. The first-order valence-corrected chi connectivity index (χ1v) is 5.12. The van der Waals surface area contributed by atoms with Crippen molar-refractivity contribution in [1.29, 1.82) is 0 Å². The average Bonchev–Trinajstić information content (AvgIpc) is 2.12. The van der Waals surface area contributed by atoms with Crippen LogP contribution in [0.5, 0.6) is 0 Å². The van der Waals surface area contributed by atoms with Crippen LogP contribution in [-0.2, 0) is 6.42 Å². The molecule has 0 unspecified atom stereocenters. The van der Waals surface area contributed by atoms with Crippen molar-refractivity contribution in [3.05, 3.63) is 33.8 Å². The summed E-state index contributed by atoms with van der Waals surface area (Å²) >= 11 is 12.0. The Kier molecular flexibility index (Phi) is 4.23. The first kappa shape index (κ1) is 11.3. The van der Waals surface area contributed by atoms with E-state index in [1.54, 1.807) is 18.2 Å². The van der Waals surface area contributed by atoms with E-state index in [0.717, 1.165) is 5.56 Å². The topological polar surface area (TPSA) is 38.4 Å². The van der Waals surface area contributed by atoms with Gasteiger partial charge in [0, 0.05) is 23.0 Å². The van der Waals surface area contributed by atoms with E-state index in [0.29, 0.717) is 28.8 Å². The lowest BCUT2D eigenvalue weighted by Gasteiger charge is -2.05. The van der Waals surface area contributed by atoms with Crippen molar-refractivity contribution >= 4 is 29.0 Å². The Labute approximate surface area is 93.7 Å². The van der Waals surface area contributed by atoms with Gasteiger partial charge in [0.2, 0.25) is 0 Å². The van der Waals surface area contributed by atoms with Crippen molar-refractivity contribution in [2.24, 2.45) is 10.7 Å². The molecule has 4 heteroatoms. The molecule has 0 aliphatic carbocycles. The van der Waals surface area contributed by atoms with Gasteiger partial charge in [0.15, 0.2) is 0 Å². The fourth-order valence-electron chi connectivity index (χ4n) is 1.14. The summed E-state index contributed by atoms with van der Waals surface area (Å²) in [7, 11) is 0. The molecule has 76 valence electrons. The monoisotopic (exact) mass is 230 g/mol. The summed E-state index contributed by atoms with van der Waals surface area (Å²) in [5, 5.41) is 1.26. The number of hydrogen-bond donors (Lipinski definition) is 1. The normalized spacial score (nSPS) is 11.8. The molecule has 0 fully saturated rings. The molecular weight excluding hydrogens is 219 g/mol. The molecule has 0 atom stereocenters. The zero-order chi connectivity index (χ0) is 10.6. The highest BCUT2D eigenvalue weighted by molar-refractivity contribution is 6.36. The van der Waals surface area contributed by atoms with Gasteiger partial charge >= 0.3 is 0 Å². The number of aliphatic imine (C=N–C) groups is 1. The number of nitrogens with zero attached hydrogens (tertiary/aromatic N) is 1. The molecule has 1 aromatic carbocycles.